The van der Waals surface area contributed by atoms with Crippen LogP contribution in [0.5, 0.6) is 0 Å². The first-order valence-electron chi connectivity index (χ1n) is 10.1. The first kappa shape index (κ1) is 21.0. The number of nitrogens with zero attached hydrogens (tertiary/aromatic N) is 2. The summed E-state index contributed by atoms with van der Waals surface area (Å²) in [5, 5.41) is 2.70. The molecule has 1 aromatic rings. The van der Waals surface area contributed by atoms with Crippen LogP contribution in [0.25, 0.3) is 0 Å². The summed E-state index contributed by atoms with van der Waals surface area (Å²) in [5.41, 5.74) is 0.877. The lowest BCUT2D eigenvalue weighted by Gasteiger charge is -2.33. The van der Waals surface area contributed by atoms with Crippen molar-refractivity contribution in [3.8, 4) is 0 Å². The maximum absolute atomic E-state index is 14.7. The zero-order valence-electron chi connectivity index (χ0n) is 16.7. The molecule has 1 saturated carbocycles. The van der Waals surface area contributed by atoms with Crippen LogP contribution in [0, 0.1) is 5.82 Å². The molecule has 6 nitrogen and oxygen atoms in total. The van der Waals surface area contributed by atoms with Crippen molar-refractivity contribution >= 4 is 27.3 Å². The number of nitrogens with one attached hydrogen (secondary N) is 1. The first-order chi connectivity index (χ1) is 13.3. The van der Waals surface area contributed by atoms with E-state index in [0.29, 0.717) is 30.4 Å². The van der Waals surface area contributed by atoms with E-state index in [4.69, 9.17) is 0 Å². The topological polar surface area (TPSA) is 69.7 Å². The second kappa shape index (κ2) is 8.78. The summed E-state index contributed by atoms with van der Waals surface area (Å²) in [6, 6.07) is 4.30. The molecule has 0 radical (unpaired) electrons. The van der Waals surface area contributed by atoms with E-state index in [-0.39, 0.29) is 5.82 Å². The van der Waals surface area contributed by atoms with Crippen molar-refractivity contribution in [2.45, 2.75) is 63.5 Å². The van der Waals surface area contributed by atoms with Crippen LogP contribution in [0.2, 0.25) is 0 Å². The van der Waals surface area contributed by atoms with Crippen LogP contribution in [0.1, 0.15) is 51.4 Å². The van der Waals surface area contributed by atoms with Crippen LogP contribution >= 0.6 is 0 Å². The number of amides is 1. The number of carbonyl (C=O) groups excluding carboxylic acids is 1. The normalized spacial score (nSPS) is 22.0. The Balaban J connectivity index is 1.70. The third-order valence-corrected chi connectivity index (χ3v) is 7.19. The van der Waals surface area contributed by atoms with Crippen LogP contribution < -0.4 is 10.2 Å². The molecule has 156 valence electrons. The minimum Gasteiger partial charge on any atom is -0.369 e. The van der Waals surface area contributed by atoms with E-state index >= 15 is 0 Å². The molecule has 1 aromatic carbocycles. The fourth-order valence-corrected chi connectivity index (χ4v) is 5.45. The van der Waals surface area contributed by atoms with Gasteiger partial charge in [-0.15, -0.1) is 0 Å². The average molecular weight is 412 g/mol. The number of carbonyl (C=O) groups is 1. The predicted octanol–water partition coefficient (Wildman–Crippen LogP) is 3.35. The van der Waals surface area contributed by atoms with Gasteiger partial charge in [0.2, 0.25) is 15.9 Å². The zero-order valence-corrected chi connectivity index (χ0v) is 17.5. The van der Waals surface area contributed by atoms with E-state index in [9.17, 15) is 17.6 Å². The van der Waals surface area contributed by atoms with Crippen LogP contribution in [0.15, 0.2) is 18.2 Å². The van der Waals surface area contributed by atoms with E-state index in [0.717, 1.165) is 31.9 Å². The quantitative estimate of drug-likeness (QED) is 0.807. The summed E-state index contributed by atoms with van der Waals surface area (Å²) >= 11 is 0. The van der Waals surface area contributed by atoms with Gasteiger partial charge in [-0.25, -0.2) is 12.8 Å². The molecule has 3 rings (SSSR count). The van der Waals surface area contributed by atoms with Gasteiger partial charge in [0.05, 0.1) is 11.9 Å². The molecule has 1 heterocycles. The van der Waals surface area contributed by atoms with Crippen molar-refractivity contribution < 1.29 is 17.6 Å². The molecular weight excluding hydrogens is 381 g/mol. The molecule has 0 bridgehead atoms. The number of halogens is 1. The highest BCUT2D eigenvalue weighted by molar-refractivity contribution is 7.88. The number of piperidine rings is 1. The standard InChI is InChI=1S/C20H30FN3O3S/c1-23(16-8-4-3-5-9-16)18-12-11-15(14-17(18)21)22-20(25)19-10-6-7-13-24(19)28(2,26)27/h11-12,14,16,19H,3-10,13H2,1-2H3,(H,22,25)/t19-/m0/s1. The molecule has 2 fully saturated rings. The molecule has 1 N–H and O–H groups in total. The van der Waals surface area contributed by atoms with Crippen molar-refractivity contribution in [1.29, 1.82) is 0 Å². The van der Waals surface area contributed by atoms with Gasteiger partial charge in [0.1, 0.15) is 11.9 Å². The van der Waals surface area contributed by atoms with Crippen LogP contribution in [0.3, 0.4) is 0 Å². The van der Waals surface area contributed by atoms with E-state index in [2.05, 4.69) is 5.32 Å². The van der Waals surface area contributed by atoms with E-state index in [1.54, 1.807) is 12.1 Å². The largest absolute Gasteiger partial charge is 0.369 e. The second-order valence-electron chi connectivity index (χ2n) is 7.94. The Kier molecular flexibility index (Phi) is 6.60. The molecule has 1 aliphatic carbocycles. The summed E-state index contributed by atoms with van der Waals surface area (Å²) in [4.78, 5) is 14.6. The zero-order chi connectivity index (χ0) is 20.3. The summed E-state index contributed by atoms with van der Waals surface area (Å²) in [5.74, 6) is -0.785. The third kappa shape index (κ3) is 4.84. The van der Waals surface area contributed by atoms with Gasteiger partial charge >= 0.3 is 0 Å². The number of anilines is 2. The summed E-state index contributed by atoms with van der Waals surface area (Å²) in [6.45, 7) is 0.344. The Hall–Kier alpha value is -1.67. The molecule has 1 atom stereocenters. The van der Waals surface area contributed by atoms with Gasteiger partial charge in [0.25, 0.3) is 0 Å². The fraction of sp³-hybridized carbons (Fsp3) is 0.650. The number of sulfonamides is 1. The molecular formula is C20H30FN3O3S. The predicted molar refractivity (Wildman–Crippen MR) is 109 cm³/mol. The van der Waals surface area contributed by atoms with Crippen molar-refractivity contribution in [1.82, 2.24) is 4.31 Å². The minimum atomic E-state index is -3.46. The number of hydrogen-bond acceptors (Lipinski definition) is 4. The summed E-state index contributed by atoms with van der Waals surface area (Å²) in [6.07, 6.45) is 8.85. The molecule has 0 unspecified atom stereocenters. The van der Waals surface area contributed by atoms with Gasteiger partial charge in [-0.05, 0) is 43.9 Å². The molecule has 8 heteroatoms. The van der Waals surface area contributed by atoms with Crippen LogP contribution in [-0.2, 0) is 14.8 Å². The lowest BCUT2D eigenvalue weighted by Crippen LogP contribution is -2.49. The van der Waals surface area contributed by atoms with E-state index in [1.807, 2.05) is 11.9 Å². The lowest BCUT2D eigenvalue weighted by atomic mass is 9.94. The first-order valence-corrected chi connectivity index (χ1v) is 11.9. The molecule has 1 saturated heterocycles. The Labute approximate surface area is 167 Å². The molecule has 0 aromatic heterocycles. The minimum absolute atomic E-state index is 0.342. The SMILES string of the molecule is CN(c1ccc(NC(=O)[C@@H]2CCCCN2S(C)(=O)=O)cc1F)C1CCCCC1. The summed E-state index contributed by atoms with van der Waals surface area (Å²) in [7, 11) is -1.54. The molecule has 0 spiro atoms. The summed E-state index contributed by atoms with van der Waals surface area (Å²) < 4.78 is 39.9. The number of rotatable bonds is 5. The van der Waals surface area contributed by atoms with Gasteiger partial charge in [-0.1, -0.05) is 25.7 Å². The highest BCUT2D eigenvalue weighted by atomic mass is 32.2. The highest BCUT2D eigenvalue weighted by Crippen LogP contribution is 2.29. The van der Waals surface area contributed by atoms with Crippen molar-refractivity contribution in [3.63, 3.8) is 0 Å². The number of hydrogen-bond donors (Lipinski definition) is 1. The highest BCUT2D eigenvalue weighted by Gasteiger charge is 2.34. The maximum atomic E-state index is 14.7. The molecule has 2 aliphatic rings. The molecule has 28 heavy (non-hydrogen) atoms. The lowest BCUT2D eigenvalue weighted by molar-refractivity contribution is -0.120. The van der Waals surface area contributed by atoms with Crippen molar-refractivity contribution in [2.75, 3.05) is 30.1 Å². The van der Waals surface area contributed by atoms with Gasteiger partial charge in [0, 0.05) is 25.3 Å². The van der Waals surface area contributed by atoms with Crippen LogP contribution in [-0.4, -0.2) is 50.6 Å². The van der Waals surface area contributed by atoms with Crippen molar-refractivity contribution in [3.05, 3.63) is 24.0 Å². The Bertz CT molecular complexity index is 809. The maximum Gasteiger partial charge on any atom is 0.242 e. The monoisotopic (exact) mass is 411 g/mol. The average Bonchev–Trinajstić information content (AvgIpc) is 2.67. The third-order valence-electron chi connectivity index (χ3n) is 5.90. The molecule has 1 aliphatic heterocycles. The Morgan fingerprint density at radius 3 is 2.46 bits per heavy atom. The van der Waals surface area contributed by atoms with Gasteiger partial charge in [-0.3, -0.25) is 4.79 Å². The Morgan fingerprint density at radius 1 is 1.14 bits per heavy atom. The van der Waals surface area contributed by atoms with Gasteiger partial charge in [0.15, 0.2) is 0 Å². The smallest absolute Gasteiger partial charge is 0.242 e. The number of benzene rings is 1. The fourth-order valence-electron chi connectivity index (χ4n) is 4.33. The van der Waals surface area contributed by atoms with E-state index < -0.39 is 22.0 Å². The molecule has 1 amide bonds. The van der Waals surface area contributed by atoms with E-state index in [1.165, 1.54) is 29.6 Å². The second-order valence-corrected chi connectivity index (χ2v) is 9.88. The van der Waals surface area contributed by atoms with Crippen LogP contribution in [0.4, 0.5) is 15.8 Å². The van der Waals surface area contributed by atoms with Gasteiger partial charge in [-0.2, -0.15) is 4.31 Å². The van der Waals surface area contributed by atoms with Crippen molar-refractivity contribution in [2.24, 2.45) is 0 Å². The Morgan fingerprint density at radius 2 is 1.82 bits per heavy atom. The van der Waals surface area contributed by atoms with Gasteiger partial charge < -0.3 is 10.2 Å².